The molecule has 8 rings (SSSR count). The summed E-state index contributed by atoms with van der Waals surface area (Å²) in [5.74, 6) is 0. The van der Waals surface area contributed by atoms with Crippen molar-refractivity contribution in [2.45, 2.75) is 0 Å². The van der Waals surface area contributed by atoms with Gasteiger partial charge >= 0.3 is 0 Å². The van der Waals surface area contributed by atoms with Gasteiger partial charge in [0.15, 0.2) is 0 Å². The summed E-state index contributed by atoms with van der Waals surface area (Å²) in [5, 5.41) is 13.6. The zero-order chi connectivity index (χ0) is 26.6. The number of aromatic nitrogens is 4. The van der Waals surface area contributed by atoms with E-state index in [2.05, 4.69) is 105 Å². The maximum atomic E-state index is 10.2. The third kappa shape index (κ3) is 3.14. The summed E-state index contributed by atoms with van der Waals surface area (Å²) in [6, 6.07) is 41.7. The lowest BCUT2D eigenvalue weighted by Crippen LogP contribution is -2.00. The SMILES string of the molecule is N#Cc1ccc(-n2c3cccnc3c3cccnc32)cc1-c1ccccc1-n1c2ccccc2c2ccccc21. The molecule has 40 heavy (non-hydrogen) atoms. The van der Waals surface area contributed by atoms with Crippen LogP contribution < -0.4 is 0 Å². The molecule has 5 heteroatoms. The highest BCUT2D eigenvalue weighted by molar-refractivity contribution is 6.10. The number of para-hydroxylation sites is 3. The van der Waals surface area contributed by atoms with E-state index in [1.807, 2.05) is 36.5 Å². The second-order valence-electron chi connectivity index (χ2n) is 9.81. The van der Waals surface area contributed by atoms with Gasteiger partial charge in [0.05, 0.1) is 39.4 Å². The number of nitriles is 1. The van der Waals surface area contributed by atoms with Gasteiger partial charge in [0.25, 0.3) is 0 Å². The molecule has 0 unspecified atom stereocenters. The van der Waals surface area contributed by atoms with Gasteiger partial charge in [0, 0.05) is 45.4 Å². The molecule has 0 amide bonds. The van der Waals surface area contributed by atoms with Gasteiger partial charge in [-0.3, -0.25) is 9.55 Å². The Morgan fingerprint density at radius 2 is 1.20 bits per heavy atom. The summed E-state index contributed by atoms with van der Waals surface area (Å²) in [6.45, 7) is 0. The number of rotatable bonds is 3. The van der Waals surface area contributed by atoms with E-state index in [0.29, 0.717) is 5.56 Å². The van der Waals surface area contributed by atoms with E-state index in [4.69, 9.17) is 4.98 Å². The van der Waals surface area contributed by atoms with E-state index >= 15 is 0 Å². The fourth-order valence-corrected chi connectivity index (χ4v) is 5.99. The smallest absolute Gasteiger partial charge is 0.147 e. The topological polar surface area (TPSA) is 59.4 Å². The molecule has 0 saturated carbocycles. The minimum atomic E-state index is 0.615. The van der Waals surface area contributed by atoms with E-state index in [1.165, 1.54) is 10.8 Å². The van der Waals surface area contributed by atoms with Crippen LogP contribution in [0.1, 0.15) is 5.56 Å². The minimum Gasteiger partial charge on any atom is -0.309 e. The first-order valence-corrected chi connectivity index (χ1v) is 13.2. The standard InChI is InChI=1S/C35H21N5/c36-22-23-17-18-24(39-33-16-8-19-37-34(33)28-12-7-20-38-35(28)39)21-29(23)27-11-3-6-15-32(27)40-30-13-4-1-9-25(30)26-10-2-5-14-31(26)40/h1-21H. The normalized spacial score (nSPS) is 11.5. The molecule has 0 aliphatic heterocycles. The minimum absolute atomic E-state index is 0.615. The van der Waals surface area contributed by atoms with Crippen LogP contribution in [-0.4, -0.2) is 19.1 Å². The molecular formula is C35H21N5. The molecule has 5 nitrogen and oxygen atoms in total. The van der Waals surface area contributed by atoms with E-state index in [0.717, 1.165) is 55.6 Å². The van der Waals surface area contributed by atoms with Crippen LogP contribution >= 0.6 is 0 Å². The van der Waals surface area contributed by atoms with Crippen molar-refractivity contribution >= 4 is 43.9 Å². The van der Waals surface area contributed by atoms with E-state index in [1.54, 1.807) is 6.20 Å². The zero-order valence-electron chi connectivity index (χ0n) is 21.4. The maximum absolute atomic E-state index is 10.2. The molecule has 0 aliphatic rings. The fourth-order valence-electron chi connectivity index (χ4n) is 5.99. The van der Waals surface area contributed by atoms with Gasteiger partial charge in [0.2, 0.25) is 0 Å². The molecule has 186 valence electrons. The number of hydrogen-bond acceptors (Lipinski definition) is 3. The molecule has 4 aromatic heterocycles. The lowest BCUT2D eigenvalue weighted by atomic mass is 9.97. The highest BCUT2D eigenvalue weighted by Crippen LogP contribution is 2.38. The second kappa shape index (κ2) is 8.65. The lowest BCUT2D eigenvalue weighted by Gasteiger charge is -2.16. The largest absolute Gasteiger partial charge is 0.309 e. The predicted molar refractivity (Wildman–Crippen MR) is 161 cm³/mol. The molecule has 4 heterocycles. The van der Waals surface area contributed by atoms with Gasteiger partial charge in [-0.2, -0.15) is 5.26 Å². The summed E-state index contributed by atoms with van der Waals surface area (Å²) in [5.41, 5.74) is 9.39. The van der Waals surface area contributed by atoms with Crippen LogP contribution in [0, 0.1) is 11.3 Å². The summed E-state index contributed by atoms with van der Waals surface area (Å²) >= 11 is 0. The van der Waals surface area contributed by atoms with Crippen LogP contribution in [0.15, 0.2) is 128 Å². The predicted octanol–water partition coefficient (Wildman–Crippen LogP) is 8.21. The van der Waals surface area contributed by atoms with E-state index in [-0.39, 0.29) is 0 Å². The molecule has 0 bridgehead atoms. The van der Waals surface area contributed by atoms with E-state index in [9.17, 15) is 5.26 Å². The molecule has 8 aromatic rings. The molecular weight excluding hydrogens is 490 g/mol. The maximum Gasteiger partial charge on any atom is 0.147 e. The first-order chi connectivity index (χ1) is 19.8. The molecule has 0 saturated heterocycles. The Hall–Kier alpha value is -5.73. The highest BCUT2D eigenvalue weighted by atomic mass is 15.1. The molecule has 0 N–H and O–H groups in total. The highest BCUT2D eigenvalue weighted by Gasteiger charge is 2.19. The zero-order valence-corrected chi connectivity index (χ0v) is 21.4. The van der Waals surface area contributed by atoms with Crippen molar-refractivity contribution in [2.75, 3.05) is 0 Å². The first kappa shape index (κ1) is 22.3. The number of benzene rings is 4. The Balaban J connectivity index is 1.43. The average molecular weight is 512 g/mol. The van der Waals surface area contributed by atoms with Crippen molar-refractivity contribution in [1.29, 1.82) is 5.26 Å². The number of pyridine rings is 2. The monoisotopic (exact) mass is 511 g/mol. The van der Waals surface area contributed by atoms with E-state index < -0.39 is 0 Å². The van der Waals surface area contributed by atoms with Crippen molar-refractivity contribution in [3.63, 3.8) is 0 Å². The number of fused-ring (bicyclic) bond motifs is 6. The second-order valence-corrected chi connectivity index (χ2v) is 9.81. The summed E-state index contributed by atoms with van der Waals surface area (Å²) in [7, 11) is 0. The molecule has 4 aromatic carbocycles. The van der Waals surface area contributed by atoms with Gasteiger partial charge in [-0.1, -0.05) is 54.6 Å². The Bertz CT molecular complexity index is 2190. The third-order valence-electron chi connectivity index (χ3n) is 7.68. The number of nitrogens with zero attached hydrogens (tertiary/aromatic N) is 5. The van der Waals surface area contributed by atoms with Crippen molar-refractivity contribution in [3.05, 3.63) is 133 Å². The van der Waals surface area contributed by atoms with Crippen molar-refractivity contribution in [1.82, 2.24) is 19.1 Å². The van der Waals surface area contributed by atoms with Gasteiger partial charge in [0.1, 0.15) is 5.65 Å². The lowest BCUT2D eigenvalue weighted by molar-refractivity contribution is 1.13. The average Bonchev–Trinajstić information content (AvgIpc) is 3.54. The molecule has 0 fully saturated rings. The first-order valence-electron chi connectivity index (χ1n) is 13.2. The van der Waals surface area contributed by atoms with Gasteiger partial charge in [-0.15, -0.1) is 0 Å². The Kier molecular flexibility index (Phi) is 4.82. The van der Waals surface area contributed by atoms with Crippen LogP contribution in [0.3, 0.4) is 0 Å². The third-order valence-corrected chi connectivity index (χ3v) is 7.68. The van der Waals surface area contributed by atoms with Crippen LogP contribution in [0.25, 0.3) is 66.4 Å². The van der Waals surface area contributed by atoms with Crippen LogP contribution in [0.5, 0.6) is 0 Å². The van der Waals surface area contributed by atoms with Gasteiger partial charge in [-0.05, 0) is 60.7 Å². The van der Waals surface area contributed by atoms with Crippen molar-refractivity contribution in [3.8, 4) is 28.6 Å². The quantitative estimate of drug-likeness (QED) is 0.240. The number of hydrogen-bond donors (Lipinski definition) is 0. The van der Waals surface area contributed by atoms with Crippen molar-refractivity contribution in [2.24, 2.45) is 0 Å². The van der Waals surface area contributed by atoms with Crippen molar-refractivity contribution < 1.29 is 0 Å². The summed E-state index contributed by atoms with van der Waals surface area (Å²) < 4.78 is 4.44. The van der Waals surface area contributed by atoms with Gasteiger partial charge < -0.3 is 4.57 Å². The molecule has 0 atom stereocenters. The molecule has 0 spiro atoms. The van der Waals surface area contributed by atoms with Crippen LogP contribution in [-0.2, 0) is 0 Å². The summed E-state index contributed by atoms with van der Waals surface area (Å²) in [4.78, 5) is 9.38. The van der Waals surface area contributed by atoms with Gasteiger partial charge in [-0.25, -0.2) is 4.98 Å². The fraction of sp³-hybridized carbons (Fsp3) is 0. The van der Waals surface area contributed by atoms with Crippen LogP contribution in [0.4, 0.5) is 0 Å². The molecule has 0 aliphatic carbocycles. The van der Waals surface area contributed by atoms with Crippen LogP contribution in [0.2, 0.25) is 0 Å². The Morgan fingerprint density at radius 1 is 0.550 bits per heavy atom. The Labute approximate surface area is 229 Å². The Morgan fingerprint density at radius 3 is 2.00 bits per heavy atom. The molecule has 0 radical (unpaired) electrons. The summed E-state index contributed by atoms with van der Waals surface area (Å²) in [6.07, 6.45) is 3.62.